The van der Waals surface area contributed by atoms with E-state index >= 15 is 0 Å². The number of benzene rings is 1. The first-order chi connectivity index (χ1) is 9.85. The Morgan fingerprint density at radius 1 is 1.38 bits per heavy atom. The van der Waals surface area contributed by atoms with Crippen LogP contribution < -0.4 is 5.43 Å². The maximum Gasteiger partial charge on any atom is 0.240 e. The average molecular weight is 329 g/mol. The van der Waals surface area contributed by atoms with Gasteiger partial charge in [-0.1, -0.05) is 23.7 Å². The molecule has 1 fully saturated rings. The summed E-state index contributed by atoms with van der Waals surface area (Å²) in [5.74, 6) is -0.0790. The van der Waals surface area contributed by atoms with Crippen molar-refractivity contribution in [1.82, 2.24) is 5.43 Å². The number of carbonyl (C=O) groups is 1. The molecule has 0 bridgehead atoms. The van der Waals surface area contributed by atoms with Gasteiger partial charge in [-0.15, -0.1) is 0 Å². The predicted octanol–water partition coefficient (Wildman–Crippen LogP) is 2.01. The Kier molecular flexibility index (Phi) is 5.00. The van der Waals surface area contributed by atoms with E-state index in [1.165, 1.54) is 0 Å². The number of hydrazone groups is 1. The molecular formula is C14H17ClN2O3S. The maximum atomic E-state index is 11.8. The van der Waals surface area contributed by atoms with Crippen LogP contribution >= 0.6 is 11.6 Å². The van der Waals surface area contributed by atoms with E-state index in [1.807, 2.05) is 12.1 Å². The van der Waals surface area contributed by atoms with Gasteiger partial charge in [-0.3, -0.25) is 4.79 Å². The first-order valence-corrected chi connectivity index (χ1v) is 8.85. The summed E-state index contributed by atoms with van der Waals surface area (Å²) in [6.07, 6.45) is 0.742. The zero-order chi connectivity index (χ0) is 15.5. The van der Waals surface area contributed by atoms with Crippen LogP contribution in [0.15, 0.2) is 29.4 Å². The number of hydrogen-bond acceptors (Lipinski definition) is 4. The monoisotopic (exact) mass is 328 g/mol. The van der Waals surface area contributed by atoms with Crippen molar-refractivity contribution in [2.45, 2.75) is 19.8 Å². The number of carbonyl (C=O) groups excluding carboxylic acids is 1. The summed E-state index contributed by atoms with van der Waals surface area (Å²) in [5.41, 5.74) is 4.00. The highest BCUT2D eigenvalue weighted by molar-refractivity contribution is 7.91. The van der Waals surface area contributed by atoms with Gasteiger partial charge >= 0.3 is 0 Å². The van der Waals surface area contributed by atoms with Crippen molar-refractivity contribution in [3.63, 3.8) is 0 Å². The van der Waals surface area contributed by atoms with E-state index in [9.17, 15) is 13.2 Å². The molecule has 0 unspecified atom stereocenters. The molecule has 7 heteroatoms. The molecule has 1 aliphatic rings. The first-order valence-electron chi connectivity index (χ1n) is 6.65. The molecule has 1 heterocycles. The molecule has 5 nitrogen and oxygen atoms in total. The van der Waals surface area contributed by atoms with E-state index in [2.05, 4.69) is 10.5 Å². The lowest BCUT2D eigenvalue weighted by atomic mass is 10.1. The van der Waals surface area contributed by atoms with Gasteiger partial charge in [0.25, 0.3) is 0 Å². The van der Waals surface area contributed by atoms with Gasteiger partial charge in [-0.2, -0.15) is 5.10 Å². The molecule has 21 heavy (non-hydrogen) atoms. The Balaban J connectivity index is 1.88. The third kappa shape index (κ3) is 4.82. The summed E-state index contributed by atoms with van der Waals surface area (Å²) in [6.45, 7) is 1.78. The molecule has 2 rings (SSSR count). The highest BCUT2D eigenvalue weighted by atomic mass is 35.5. The Hall–Kier alpha value is -1.40. The molecule has 1 atom stereocenters. The maximum absolute atomic E-state index is 11.8. The number of sulfone groups is 1. The number of hydrogen-bond donors (Lipinski definition) is 1. The first kappa shape index (κ1) is 16.0. The van der Waals surface area contributed by atoms with Gasteiger partial charge in [-0.05, 0) is 37.0 Å². The van der Waals surface area contributed by atoms with Gasteiger partial charge in [0, 0.05) is 11.4 Å². The molecular weight excluding hydrogens is 312 g/mol. The second kappa shape index (κ2) is 6.58. The summed E-state index contributed by atoms with van der Waals surface area (Å²) in [6, 6.07) is 7.13. The van der Waals surface area contributed by atoms with Crippen LogP contribution in [0, 0.1) is 5.92 Å². The van der Waals surface area contributed by atoms with Gasteiger partial charge in [-0.25, -0.2) is 13.8 Å². The number of amides is 1. The van der Waals surface area contributed by atoms with E-state index in [0.717, 1.165) is 5.56 Å². The highest BCUT2D eigenvalue weighted by Crippen LogP contribution is 2.21. The number of rotatable bonds is 4. The third-order valence-corrected chi connectivity index (χ3v) is 5.50. The van der Waals surface area contributed by atoms with Gasteiger partial charge in [0.2, 0.25) is 5.91 Å². The summed E-state index contributed by atoms with van der Waals surface area (Å²) in [5, 5.41) is 4.66. The number of halogens is 1. The van der Waals surface area contributed by atoms with Crippen LogP contribution in [0.2, 0.25) is 5.02 Å². The molecule has 1 saturated heterocycles. The molecule has 1 aromatic carbocycles. The van der Waals surface area contributed by atoms with E-state index < -0.39 is 9.84 Å². The topological polar surface area (TPSA) is 75.6 Å². The van der Waals surface area contributed by atoms with Crippen LogP contribution in [-0.2, 0) is 14.6 Å². The van der Waals surface area contributed by atoms with Crippen molar-refractivity contribution in [1.29, 1.82) is 0 Å². The van der Waals surface area contributed by atoms with Gasteiger partial charge in [0.1, 0.15) is 0 Å². The minimum atomic E-state index is -2.95. The fraction of sp³-hybridized carbons (Fsp3) is 0.429. The predicted molar refractivity (Wildman–Crippen MR) is 83.2 cm³/mol. The minimum Gasteiger partial charge on any atom is -0.273 e. The quantitative estimate of drug-likeness (QED) is 0.678. The van der Waals surface area contributed by atoms with Crippen LogP contribution in [0.3, 0.4) is 0 Å². The van der Waals surface area contributed by atoms with Crippen molar-refractivity contribution < 1.29 is 13.2 Å². The Bertz CT molecular complexity index is 653. The average Bonchev–Trinajstić information content (AvgIpc) is 2.76. The lowest BCUT2D eigenvalue weighted by molar-refractivity contribution is -0.121. The van der Waals surface area contributed by atoms with Crippen molar-refractivity contribution in [2.75, 3.05) is 11.5 Å². The Morgan fingerprint density at radius 2 is 2.05 bits per heavy atom. The van der Waals surface area contributed by atoms with Crippen LogP contribution in [0.1, 0.15) is 25.3 Å². The molecule has 114 valence electrons. The van der Waals surface area contributed by atoms with Crippen molar-refractivity contribution in [3.8, 4) is 0 Å². The molecule has 1 N–H and O–H groups in total. The van der Waals surface area contributed by atoms with E-state index in [1.54, 1.807) is 19.1 Å². The smallest absolute Gasteiger partial charge is 0.240 e. The Morgan fingerprint density at radius 3 is 2.62 bits per heavy atom. The van der Waals surface area contributed by atoms with Crippen LogP contribution in [0.5, 0.6) is 0 Å². The van der Waals surface area contributed by atoms with Crippen molar-refractivity contribution >= 4 is 33.1 Å². The van der Waals surface area contributed by atoms with Crippen LogP contribution in [0.4, 0.5) is 0 Å². The molecule has 0 aromatic heterocycles. The molecule has 1 aromatic rings. The molecule has 1 aliphatic heterocycles. The fourth-order valence-corrected chi connectivity index (χ4v) is 4.23. The Labute approximate surface area is 129 Å². The largest absolute Gasteiger partial charge is 0.273 e. The van der Waals surface area contributed by atoms with Gasteiger partial charge in [0.15, 0.2) is 9.84 Å². The van der Waals surface area contributed by atoms with Crippen LogP contribution in [-0.4, -0.2) is 31.5 Å². The standard InChI is InChI=1S/C14H17ClN2O3S/c1-10(12-2-4-13(15)5-3-12)16-17-14(18)8-11-6-7-21(19,20)9-11/h2-5,11H,6-9H2,1H3,(H,17,18)/b16-10-/t11-/m0/s1. The second-order valence-corrected chi connectivity index (χ2v) is 7.88. The molecule has 0 radical (unpaired) electrons. The van der Waals surface area contributed by atoms with Gasteiger partial charge in [0.05, 0.1) is 17.2 Å². The normalized spacial score (nSPS) is 21.2. The summed E-state index contributed by atoms with van der Waals surface area (Å²) >= 11 is 5.80. The highest BCUT2D eigenvalue weighted by Gasteiger charge is 2.29. The minimum absolute atomic E-state index is 0.0963. The molecule has 1 amide bonds. The van der Waals surface area contributed by atoms with E-state index in [0.29, 0.717) is 17.2 Å². The second-order valence-electron chi connectivity index (χ2n) is 5.21. The van der Waals surface area contributed by atoms with E-state index in [-0.39, 0.29) is 29.8 Å². The number of nitrogens with zero attached hydrogens (tertiary/aromatic N) is 1. The summed E-state index contributed by atoms with van der Waals surface area (Å²) in [7, 11) is -2.95. The zero-order valence-electron chi connectivity index (χ0n) is 11.7. The number of nitrogens with one attached hydrogen (secondary N) is 1. The van der Waals surface area contributed by atoms with E-state index in [4.69, 9.17) is 11.6 Å². The van der Waals surface area contributed by atoms with Crippen molar-refractivity contribution in [3.05, 3.63) is 34.9 Å². The molecule has 0 aliphatic carbocycles. The summed E-state index contributed by atoms with van der Waals surface area (Å²) < 4.78 is 22.7. The molecule has 0 saturated carbocycles. The molecule has 0 spiro atoms. The lowest BCUT2D eigenvalue weighted by Gasteiger charge is -2.06. The third-order valence-electron chi connectivity index (χ3n) is 3.41. The summed E-state index contributed by atoms with van der Waals surface area (Å²) in [4.78, 5) is 11.8. The van der Waals surface area contributed by atoms with Gasteiger partial charge < -0.3 is 0 Å². The fourth-order valence-electron chi connectivity index (χ4n) is 2.24. The SMILES string of the molecule is C/C(=N/NC(=O)C[C@@H]1CCS(=O)(=O)C1)c1ccc(Cl)cc1. The lowest BCUT2D eigenvalue weighted by Crippen LogP contribution is -2.22. The van der Waals surface area contributed by atoms with Crippen molar-refractivity contribution in [2.24, 2.45) is 11.0 Å². The zero-order valence-corrected chi connectivity index (χ0v) is 13.2. The van der Waals surface area contributed by atoms with Crippen LogP contribution in [0.25, 0.3) is 0 Å².